The molecule has 0 aliphatic heterocycles. The first kappa shape index (κ1) is 15.2. The van der Waals surface area contributed by atoms with Crippen molar-refractivity contribution in [2.24, 2.45) is 0 Å². The molecule has 0 spiro atoms. The lowest BCUT2D eigenvalue weighted by molar-refractivity contribution is 0.0696. The van der Waals surface area contributed by atoms with Gasteiger partial charge in [-0.2, -0.15) is 0 Å². The van der Waals surface area contributed by atoms with Crippen molar-refractivity contribution in [2.45, 2.75) is 4.90 Å². The number of nitrogens with zero attached hydrogens (tertiary/aromatic N) is 1. The molecule has 1 aromatic heterocycles. The summed E-state index contributed by atoms with van der Waals surface area (Å²) in [5.41, 5.74) is -0.268. The molecule has 110 valence electrons. The standard InChI is InChI=1S/C12H8ClFN2O4S/c13-10-2-1-8(14)4-11(10)21(19,20)16-9-3-7(12(17)18)5-15-6-9/h1-6,16H,(H,17,18). The van der Waals surface area contributed by atoms with Crippen LogP contribution in [-0.2, 0) is 10.0 Å². The summed E-state index contributed by atoms with van der Waals surface area (Å²) in [6.45, 7) is 0. The maximum absolute atomic E-state index is 13.1. The predicted molar refractivity (Wildman–Crippen MR) is 73.4 cm³/mol. The van der Waals surface area contributed by atoms with Gasteiger partial charge in [-0.25, -0.2) is 17.6 Å². The molecule has 0 radical (unpaired) electrons. The smallest absolute Gasteiger partial charge is 0.337 e. The normalized spacial score (nSPS) is 11.1. The summed E-state index contributed by atoms with van der Waals surface area (Å²) in [6, 6.07) is 3.98. The molecule has 0 aliphatic carbocycles. The fourth-order valence-electron chi connectivity index (χ4n) is 1.51. The number of aromatic nitrogens is 1. The van der Waals surface area contributed by atoms with Crippen LogP contribution >= 0.6 is 11.6 Å². The van der Waals surface area contributed by atoms with E-state index in [4.69, 9.17) is 16.7 Å². The van der Waals surface area contributed by atoms with Crippen LogP contribution in [0.2, 0.25) is 5.02 Å². The summed E-state index contributed by atoms with van der Waals surface area (Å²) in [5.74, 6) is -2.02. The van der Waals surface area contributed by atoms with Crippen LogP contribution in [0, 0.1) is 5.82 Å². The van der Waals surface area contributed by atoms with E-state index in [1.165, 1.54) is 0 Å². The topological polar surface area (TPSA) is 96.4 Å². The van der Waals surface area contributed by atoms with E-state index >= 15 is 0 Å². The number of hydrogen-bond acceptors (Lipinski definition) is 4. The van der Waals surface area contributed by atoms with Gasteiger partial charge in [0.25, 0.3) is 10.0 Å². The van der Waals surface area contributed by atoms with Crippen LogP contribution in [0.15, 0.2) is 41.6 Å². The highest BCUT2D eigenvalue weighted by Crippen LogP contribution is 2.24. The quantitative estimate of drug-likeness (QED) is 0.897. The Morgan fingerprint density at radius 1 is 1.29 bits per heavy atom. The van der Waals surface area contributed by atoms with Gasteiger partial charge in [0.15, 0.2) is 0 Å². The summed E-state index contributed by atoms with van der Waals surface area (Å²) in [7, 11) is -4.16. The molecule has 0 saturated carbocycles. The van der Waals surface area contributed by atoms with E-state index in [-0.39, 0.29) is 16.3 Å². The van der Waals surface area contributed by atoms with Gasteiger partial charge in [0.05, 0.1) is 22.5 Å². The first-order valence-corrected chi connectivity index (χ1v) is 7.32. The summed E-state index contributed by atoms with van der Waals surface area (Å²) < 4.78 is 39.5. The van der Waals surface area contributed by atoms with E-state index in [2.05, 4.69) is 9.71 Å². The van der Waals surface area contributed by atoms with Crippen molar-refractivity contribution in [1.29, 1.82) is 0 Å². The lowest BCUT2D eigenvalue weighted by Crippen LogP contribution is -2.14. The van der Waals surface area contributed by atoms with Crippen molar-refractivity contribution in [1.82, 2.24) is 4.98 Å². The molecule has 0 unspecified atom stereocenters. The third-order valence-electron chi connectivity index (χ3n) is 2.42. The molecule has 1 heterocycles. The molecule has 2 rings (SSSR count). The minimum absolute atomic E-state index is 0.0739. The molecule has 0 fully saturated rings. The highest BCUT2D eigenvalue weighted by atomic mass is 35.5. The number of carbonyl (C=O) groups is 1. The van der Waals surface area contributed by atoms with Crippen LogP contribution in [0.25, 0.3) is 0 Å². The molecule has 2 aromatic rings. The second-order valence-corrected chi connectivity index (χ2v) is 6.01. The largest absolute Gasteiger partial charge is 0.478 e. The van der Waals surface area contributed by atoms with Gasteiger partial charge in [0.1, 0.15) is 10.7 Å². The molecule has 2 N–H and O–H groups in total. The van der Waals surface area contributed by atoms with Crippen LogP contribution in [0.1, 0.15) is 10.4 Å². The van der Waals surface area contributed by atoms with Crippen LogP contribution in [0.5, 0.6) is 0 Å². The molecule has 0 amide bonds. The van der Waals surface area contributed by atoms with Gasteiger partial charge in [0, 0.05) is 6.20 Å². The Bertz CT molecular complexity index is 811. The van der Waals surface area contributed by atoms with E-state index < -0.39 is 26.7 Å². The molecule has 6 nitrogen and oxygen atoms in total. The van der Waals surface area contributed by atoms with Gasteiger partial charge in [-0.05, 0) is 24.3 Å². The maximum atomic E-state index is 13.1. The van der Waals surface area contributed by atoms with Gasteiger partial charge < -0.3 is 5.11 Å². The molecule has 1 aromatic carbocycles. The van der Waals surface area contributed by atoms with Gasteiger partial charge in [0.2, 0.25) is 0 Å². The van der Waals surface area contributed by atoms with Crippen LogP contribution in [0.4, 0.5) is 10.1 Å². The van der Waals surface area contributed by atoms with E-state index in [9.17, 15) is 17.6 Å². The van der Waals surface area contributed by atoms with Crippen molar-refractivity contribution >= 4 is 33.3 Å². The van der Waals surface area contributed by atoms with E-state index in [0.29, 0.717) is 0 Å². The Morgan fingerprint density at radius 2 is 2.00 bits per heavy atom. The number of halogens is 2. The monoisotopic (exact) mass is 330 g/mol. The molecule has 0 aliphatic rings. The minimum Gasteiger partial charge on any atom is -0.478 e. The SMILES string of the molecule is O=C(O)c1cncc(NS(=O)(=O)c2cc(F)ccc2Cl)c1. The molecule has 9 heteroatoms. The molecular weight excluding hydrogens is 323 g/mol. The number of rotatable bonds is 4. The highest BCUT2D eigenvalue weighted by molar-refractivity contribution is 7.92. The maximum Gasteiger partial charge on any atom is 0.337 e. The Morgan fingerprint density at radius 3 is 2.67 bits per heavy atom. The van der Waals surface area contributed by atoms with Crippen LogP contribution in [0.3, 0.4) is 0 Å². The highest BCUT2D eigenvalue weighted by Gasteiger charge is 2.19. The fraction of sp³-hybridized carbons (Fsp3) is 0. The summed E-state index contributed by atoms with van der Waals surface area (Å²) >= 11 is 5.73. The fourth-order valence-corrected chi connectivity index (χ4v) is 3.05. The zero-order chi connectivity index (χ0) is 15.6. The number of carboxylic acids is 1. The second kappa shape index (κ2) is 5.66. The predicted octanol–water partition coefficient (Wildman–Crippen LogP) is 2.37. The van der Waals surface area contributed by atoms with Crippen molar-refractivity contribution in [3.8, 4) is 0 Å². The Labute approximate surface area is 124 Å². The molecule has 0 saturated heterocycles. The summed E-state index contributed by atoms with van der Waals surface area (Å²) in [6.07, 6.45) is 2.19. The third-order valence-corrected chi connectivity index (χ3v) is 4.28. The Hall–Kier alpha value is -2.19. The van der Waals surface area contributed by atoms with Crippen molar-refractivity contribution in [3.63, 3.8) is 0 Å². The molecular formula is C12H8ClFN2O4S. The number of benzene rings is 1. The number of aromatic carboxylic acids is 1. The number of sulfonamides is 1. The molecule has 0 atom stereocenters. The average Bonchev–Trinajstić information content (AvgIpc) is 2.41. The third kappa shape index (κ3) is 3.47. The number of hydrogen-bond donors (Lipinski definition) is 2. The van der Waals surface area contributed by atoms with Crippen LogP contribution in [-0.4, -0.2) is 24.5 Å². The average molecular weight is 331 g/mol. The first-order valence-electron chi connectivity index (χ1n) is 5.46. The number of nitrogens with one attached hydrogen (secondary N) is 1. The minimum atomic E-state index is -4.16. The van der Waals surface area contributed by atoms with Crippen molar-refractivity contribution in [3.05, 3.63) is 53.1 Å². The van der Waals surface area contributed by atoms with E-state index in [0.717, 1.165) is 36.7 Å². The van der Waals surface area contributed by atoms with Gasteiger partial charge >= 0.3 is 5.97 Å². The number of carboxylic acid groups (broad SMARTS) is 1. The summed E-state index contributed by atoms with van der Waals surface area (Å²) in [5, 5.41) is 8.66. The van der Waals surface area contributed by atoms with E-state index in [1.807, 2.05) is 0 Å². The molecule has 21 heavy (non-hydrogen) atoms. The summed E-state index contributed by atoms with van der Waals surface area (Å²) in [4.78, 5) is 14.0. The second-order valence-electron chi connectivity index (χ2n) is 3.95. The zero-order valence-corrected chi connectivity index (χ0v) is 11.8. The van der Waals surface area contributed by atoms with Gasteiger partial charge in [-0.3, -0.25) is 9.71 Å². The first-order chi connectivity index (χ1) is 9.79. The Kier molecular flexibility index (Phi) is 4.10. The Balaban J connectivity index is 2.40. The van der Waals surface area contributed by atoms with Crippen LogP contribution < -0.4 is 4.72 Å². The molecule has 0 bridgehead atoms. The lowest BCUT2D eigenvalue weighted by atomic mass is 10.3. The van der Waals surface area contributed by atoms with Crippen molar-refractivity contribution in [2.75, 3.05) is 4.72 Å². The number of pyridine rings is 1. The van der Waals surface area contributed by atoms with E-state index in [1.54, 1.807) is 0 Å². The van der Waals surface area contributed by atoms with Gasteiger partial charge in [-0.1, -0.05) is 11.6 Å². The zero-order valence-electron chi connectivity index (χ0n) is 10.2. The van der Waals surface area contributed by atoms with Gasteiger partial charge in [-0.15, -0.1) is 0 Å². The number of anilines is 1. The van der Waals surface area contributed by atoms with Crippen molar-refractivity contribution < 1.29 is 22.7 Å². The lowest BCUT2D eigenvalue weighted by Gasteiger charge is -2.09.